The Hall–Kier alpha value is -4.64. The minimum Gasteiger partial charge on any atom is -0.494 e. The number of amides is 1. The number of nitrogens with one attached hydrogen (secondary N) is 1. The number of likely N-dealkylation sites (tertiary alicyclic amines) is 1. The van der Waals surface area contributed by atoms with Crippen molar-refractivity contribution in [2.24, 2.45) is 0 Å². The highest BCUT2D eigenvalue weighted by Crippen LogP contribution is 2.35. The van der Waals surface area contributed by atoms with Crippen LogP contribution in [0, 0.1) is 0 Å². The molecule has 4 aromatic rings. The summed E-state index contributed by atoms with van der Waals surface area (Å²) in [5.74, 6) is 1.51. The van der Waals surface area contributed by atoms with Crippen LogP contribution in [0.1, 0.15) is 25.7 Å². The fourth-order valence-electron chi connectivity index (χ4n) is 4.73. The molecule has 5 rings (SSSR count). The van der Waals surface area contributed by atoms with Crippen molar-refractivity contribution >= 4 is 29.2 Å². The normalized spacial score (nSPS) is 13.5. The first-order valence-corrected chi connectivity index (χ1v) is 13.4. The number of anilines is 4. The van der Waals surface area contributed by atoms with Crippen LogP contribution in [-0.4, -0.2) is 69.2 Å². The van der Waals surface area contributed by atoms with E-state index in [1.54, 1.807) is 41.3 Å². The number of methoxy groups -OCH3 is 1. The Kier molecular flexibility index (Phi) is 8.72. The second-order valence-corrected chi connectivity index (χ2v) is 9.42. The molecule has 1 saturated heterocycles. The number of benzene rings is 2. The molecule has 3 heterocycles. The molecule has 11 nitrogen and oxygen atoms in total. The third-order valence-electron chi connectivity index (χ3n) is 6.66. The van der Waals surface area contributed by atoms with E-state index in [-0.39, 0.29) is 11.8 Å². The minimum absolute atomic E-state index is 0.167. The summed E-state index contributed by atoms with van der Waals surface area (Å²) in [4.78, 5) is 24.7. The molecule has 2 aromatic heterocycles. The number of carboxylic acid groups (broad SMARTS) is 1. The lowest BCUT2D eigenvalue weighted by Gasteiger charge is -2.26. The van der Waals surface area contributed by atoms with Crippen molar-refractivity contribution < 1.29 is 19.4 Å². The lowest BCUT2D eigenvalue weighted by atomic mass is 10.1. The van der Waals surface area contributed by atoms with Crippen molar-refractivity contribution in [3.05, 3.63) is 73.2 Å². The molecule has 0 unspecified atom stereocenters. The predicted molar refractivity (Wildman–Crippen MR) is 152 cm³/mol. The molecule has 208 valence electrons. The first-order chi connectivity index (χ1) is 19.6. The van der Waals surface area contributed by atoms with Crippen molar-refractivity contribution in [3.8, 4) is 17.2 Å². The zero-order chi connectivity index (χ0) is 27.7. The van der Waals surface area contributed by atoms with Crippen LogP contribution in [0.5, 0.6) is 11.5 Å². The van der Waals surface area contributed by atoms with Gasteiger partial charge in [-0.05, 0) is 62.7 Å². The zero-order valence-electron chi connectivity index (χ0n) is 22.4. The number of hydrogen-bond acceptors (Lipinski definition) is 8. The van der Waals surface area contributed by atoms with E-state index in [1.807, 2.05) is 24.3 Å². The van der Waals surface area contributed by atoms with Gasteiger partial charge in [0.15, 0.2) is 0 Å². The number of rotatable bonds is 11. The van der Waals surface area contributed by atoms with E-state index in [2.05, 4.69) is 25.3 Å². The largest absolute Gasteiger partial charge is 0.494 e. The molecule has 0 saturated carbocycles. The Morgan fingerprint density at radius 3 is 2.73 bits per heavy atom. The summed E-state index contributed by atoms with van der Waals surface area (Å²) >= 11 is 0. The highest BCUT2D eigenvalue weighted by molar-refractivity contribution is 5.95. The Labute approximate surface area is 233 Å². The molecule has 0 radical (unpaired) electrons. The van der Waals surface area contributed by atoms with Crippen molar-refractivity contribution in [2.45, 2.75) is 25.7 Å². The average Bonchev–Trinajstić information content (AvgIpc) is 3.52. The van der Waals surface area contributed by atoms with Gasteiger partial charge < -0.3 is 24.8 Å². The Morgan fingerprint density at radius 2 is 1.95 bits per heavy atom. The molecular formula is C29H33N7O4. The summed E-state index contributed by atoms with van der Waals surface area (Å²) in [6.45, 7) is 4.05. The topological polar surface area (TPSA) is 118 Å². The molecule has 0 aliphatic carbocycles. The number of aromatic nitrogens is 4. The number of piperidine rings is 1. The van der Waals surface area contributed by atoms with Gasteiger partial charge in [0.1, 0.15) is 17.3 Å². The third kappa shape index (κ3) is 6.67. The average molecular weight is 544 g/mol. The van der Waals surface area contributed by atoms with Gasteiger partial charge in [-0.15, -0.1) is 0 Å². The molecule has 0 bridgehead atoms. The first kappa shape index (κ1) is 26.9. The fourth-order valence-corrected chi connectivity index (χ4v) is 4.73. The number of carbonyl (C=O) groups is 1. The van der Waals surface area contributed by atoms with Gasteiger partial charge in [-0.1, -0.05) is 12.5 Å². The molecular weight excluding hydrogens is 510 g/mol. The van der Waals surface area contributed by atoms with Crippen LogP contribution in [0.15, 0.2) is 73.2 Å². The molecule has 11 heteroatoms. The standard InChI is InChI=1S/C29H33N7O4/c1-39-26-21-23(35-18-6-13-31-35)10-11-25(26)36(29(37)38)27-12-14-30-28(33-27)32-22-8-5-9-24(20-22)40-19-7-17-34-15-3-2-4-16-34/h5-6,8-14,18,20-21H,2-4,7,15-17,19H2,1H3,(H,37,38)(H,30,32,33). The molecule has 40 heavy (non-hydrogen) atoms. The van der Waals surface area contributed by atoms with E-state index < -0.39 is 6.09 Å². The highest BCUT2D eigenvalue weighted by atomic mass is 16.5. The maximum absolute atomic E-state index is 12.4. The van der Waals surface area contributed by atoms with E-state index in [0.29, 0.717) is 18.0 Å². The summed E-state index contributed by atoms with van der Waals surface area (Å²) in [5, 5.41) is 17.5. The minimum atomic E-state index is -1.21. The fraction of sp³-hybridized carbons (Fsp3) is 0.310. The Morgan fingerprint density at radius 1 is 1.07 bits per heavy atom. The maximum atomic E-state index is 12.4. The second kappa shape index (κ2) is 12.9. The van der Waals surface area contributed by atoms with Gasteiger partial charge in [0.2, 0.25) is 5.95 Å². The molecule has 1 aliphatic rings. The van der Waals surface area contributed by atoms with E-state index >= 15 is 0 Å². The molecule has 0 spiro atoms. The van der Waals surface area contributed by atoms with Crippen LogP contribution in [0.25, 0.3) is 5.69 Å². The van der Waals surface area contributed by atoms with Gasteiger partial charge in [-0.2, -0.15) is 10.1 Å². The predicted octanol–water partition coefficient (Wildman–Crippen LogP) is 5.49. The third-order valence-corrected chi connectivity index (χ3v) is 6.66. The summed E-state index contributed by atoms with van der Waals surface area (Å²) in [5.41, 5.74) is 1.78. The summed E-state index contributed by atoms with van der Waals surface area (Å²) in [6, 6.07) is 16.0. The van der Waals surface area contributed by atoms with Crippen molar-refractivity contribution in [1.29, 1.82) is 0 Å². The molecule has 2 N–H and O–H groups in total. The second-order valence-electron chi connectivity index (χ2n) is 9.42. The monoisotopic (exact) mass is 543 g/mol. The van der Waals surface area contributed by atoms with E-state index in [4.69, 9.17) is 9.47 Å². The van der Waals surface area contributed by atoms with Crippen LogP contribution in [0.2, 0.25) is 0 Å². The quantitative estimate of drug-likeness (QED) is 0.237. The van der Waals surface area contributed by atoms with Gasteiger partial charge in [-0.3, -0.25) is 0 Å². The molecule has 1 fully saturated rings. The van der Waals surface area contributed by atoms with Gasteiger partial charge in [-0.25, -0.2) is 19.4 Å². The summed E-state index contributed by atoms with van der Waals surface area (Å²) < 4.78 is 13.2. The Balaban J connectivity index is 1.28. The van der Waals surface area contributed by atoms with Crippen molar-refractivity contribution in [1.82, 2.24) is 24.6 Å². The molecule has 1 amide bonds. The van der Waals surface area contributed by atoms with E-state index in [9.17, 15) is 9.90 Å². The van der Waals surface area contributed by atoms with Crippen molar-refractivity contribution in [2.75, 3.05) is 43.6 Å². The van der Waals surface area contributed by atoms with E-state index in [0.717, 1.165) is 35.0 Å². The van der Waals surface area contributed by atoms with Crippen LogP contribution < -0.4 is 19.7 Å². The maximum Gasteiger partial charge on any atom is 0.417 e. The van der Waals surface area contributed by atoms with Crippen LogP contribution in [0.4, 0.5) is 27.9 Å². The van der Waals surface area contributed by atoms with Crippen LogP contribution >= 0.6 is 0 Å². The van der Waals surface area contributed by atoms with Gasteiger partial charge in [0.25, 0.3) is 0 Å². The lowest BCUT2D eigenvalue weighted by molar-refractivity contribution is 0.204. The van der Waals surface area contributed by atoms with E-state index in [1.165, 1.54) is 51.7 Å². The number of nitrogens with zero attached hydrogens (tertiary/aromatic N) is 6. The summed E-state index contributed by atoms with van der Waals surface area (Å²) in [6.07, 6.45) is 8.63. The summed E-state index contributed by atoms with van der Waals surface area (Å²) in [7, 11) is 1.49. The molecule has 0 atom stereocenters. The first-order valence-electron chi connectivity index (χ1n) is 13.4. The van der Waals surface area contributed by atoms with Gasteiger partial charge >= 0.3 is 6.09 Å². The molecule has 2 aromatic carbocycles. The highest BCUT2D eigenvalue weighted by Gasteiger charge is 2.23. The molecule has 1 aliphatic heterocycles. The SMILES string of the molecule is COc1cc(-n2cccn2)ccc1N(C(=O)O)c1ccnc(Nc2cccc(OCCCN3CCCCC3)c2)n1. The van der Waals surface area contributed by atoms with Gasteiger partial charge in [0, 0.05) is 49.0 Å². The number of ether oxygens (including phenoxy) is 2. The van der Waals surface area contributed by atoms with Crippen LogP contribution in [0.3, 0.4) is 0 Å². The van der Waals surface area contributed by atoms with Crippen molar-refractivity contribution in [3.63, 3.8) is 0 Å². The van der Waals surface area contributed by atoms with Gasteiger partial charge in [0.05, 0.1) is 25.1 Å². The smallest absolute Gasteiger partial charge is 0.417 e. The number of hydrogen-bond donors (Lipinski definition) is 2. The lowest BCUT2D eigenvalue weighted by Crippen LogP contribution is -2.31. The van der Waals surface area contributed by atoms with Crippen LogP contribution in [-0.2, 0) is 0 Å². The Bertz CT molecular complexity index is 1410. The zero-order valence-corrected chi connectivity index (χ0v) is 22.4.